The molecule has 1 heterocycles. The number of rotatable bonds is 3. The number of nitrogens with one attached hydrogen (secondary N) is 1. The summed E-state index contributed by atoms with van der Waals surface area (Å²) >= 11 is 6.76. The van der Waals surface area contributed by atoms with E-state index >= 15 is 0 Å². The van der Waals surface area contributed by atoms with Crippen molar-refractivity contribution < 1.29 is 13.2 Å². The summed E-state index contributed by atoms with van der Waals surface area (Å²) in [5, 5.41) is 0. The number of benzene rings is 2. The van der Waals surface area contributed by atoms with Crippen molar-refractivity contribution in [3.8, 4) is 0 Å². The second kappa shape index (κ2) is 6.98. The summed E-state index contributed by atoms with van der Waals surface area (Å²) < 4.78 is 29.7. The van der Waals surface area contributed by atoms with Gasteiger partial charge in [0.15, 0.2) is 0 Å². The first-order valence-electron chi connectivity index (χ1n) is 8.01. The largest absolute Gasteiger partial charge is 0.309 e. The Morgan fingerprint density at radius 3 is 2.50 bits per heavy atom. The summed E-state index contributed by atoms with van der Waals surface area (Å²) in [7, 11) is -3.83. The standard InChI is InChI=1S/C18H18Br2N2O3S/c1-10-4-5-16(14(19)6-10)21-26(24,25)18-9-17-13(8-15(18)20)7-11(2)22(17)12(3)23/h4-6,8-9,11,21H,7H2,1-3H3/t11-/m1/s1. The number of fused-ring (bicyclic) bond motifs is 1. The average Bonchev–Trinajstić information content (AvgIpc) is 2.84. The van der Waals surface area contributed by atoms with Crippen molar-refractivity contribution in [1.29, 1.82) is 0 Å². The molecule has 1 aliphatic heterocycles. The van der Waals surface area contributed by atoms with Gasteiger partial charge in [0.05, 0.1) is 5.69 Å². The molecule has 0 spiro atoms. The van der Waals surface area contributed by atoms with Crippen LogP contribution < -0.4 is 9.62 Å². The molecule has 1 amide bonds. The zero-order valence-corrected chi connectivity index (χ0v) is 18.5. The predicted molar refractivity (Wildman–Crippen MR) is 110 cm³/mol. The predicted octanol–water partition coefficient (Wildman–Crippen LogP) is 4.62. The van der Waals surface area contributed by atoms with Gasteiger partial charge in [0, 0.05) is 27.6 Å². The lowest BCUT2D eigenvalue weighted by Gasteiger charge is -2.21. The molecular formula is C18H18Br2N2O3S. The molecule has 3 rings (SSSR count). The Kier molecular flexibility index (Phi) is 5.20. The molecule has 0 saturated carbocycles. The van der Waals surface area contributed by atoms with Crippen LogP contribution in [0.4, 0.5) is 11.4 Å². The van der Waals surface area contributed by atoms with Gasteiger partial charge in [0.2, 0.25) is 5.91 Å². The van der Waals surface area contributed by atoms with Crippen LogP contribution in [0.3, 0.4) is 0 Å². The van der Waals surface area contributed by atoms with E-state index < -0.39 is 10.0 Å². The SMILES string of the molecule is CC(=O)N1c2cc(S(=O)(=O)Nc3ccc(C)cc3Br)c(Br)cc2C[C@H]1C. The van der Waals surface area contributed by atoms with Gasteiger partial charge in [-0.3, -0.25) is 9.52 Å². The minimum Gasteiger partial charge on any atom is -0.309 e. The number of amides is 1. The minimum atomic E-state index is -3.83. The molecule has 0 bridgehead atoms. The highest BCUT2D eigenvalue weighted by Crippen LogP contribution is 2.38. The lowest BCUT2D eigenvalue weighted by Crippen LogP contribution is -2.33. The van der Waals surface area contributed by atoms with Crippen molar-refractivity contribution in [2.45, 2.75) is 38.1 Å². The molecule has 2 aromatic carbocycles. The molecule has 8 heteroatoms. The Balaban J connectivity index is 2.05. The molecule has 0 aromatic heterocycles. The summed E-state index contributed by atoms with van der Waals surface area (Å²) in [6.45, 7) is 5.37. The van der Waals surface area contributed by atoms with Crippen molar-refractivity contribution in [2.75, 3.05) is 9.62 Å². The third kappa shape index (κ3) is 3.54. The number of hydrogen-bond acceptors (Lipinski definition) is 3. The van der Waals surface area contributed by atoms with Gasteiger partial charge in [-0.25, -0.2) is 8.42 Å². The molecule has 26 heavy (non-hydrogen) atoms. The third-order valence-corrected chi connectivity index (χ3v) is 7.33. The molecule has 0 unspecified atom stereocenters. The van der Waals surface area contributed by atoms with Crippen molar-refractivity contribution >= 4 is 59.2 Å². The van der Waals surface area contributed by atoms with Gasteiger partial charge in [0.1, 0.15) is 4.90 Å². The van der Waals surface area contributed by atoms with Crippen LogP contribution in [-0.4, -0.2) is 20.4 Å². The van der Waals surface area contributed by atoms with Crippen molar-refractivity contribution in [3.63, 3.8) is 0 Å². The van der Waals surface area contributed by atoms with E-state index in [0.717, 1.165) is 11.1 Å². The first kappa shape index (κ1) is 19.4. The maximum atomic E-state index is 13.0. The smallest absolute Gasteiger partial charge is 0.263 e. The number of anilines is 2. The summed E-state index contributed by atoms with van der Waals surface area (Å²) in [6.07, 6.45) is 0.699. The van der Waals surface area contributed by atoms with Gasteiger partial charge in [-0.05, 0) is 87.5 Å². The first-order chi connectivity index (χ1) is 12.1. The highest BCUT2D eigenvalue weighted by atomic mass is 79.9. The highest BCUT2D eigenvalue weighted by Gasteiger charge is 2.32. The topological polar surface area (TPSA) is 66.5 Å². The monoisotopic (exact) mass is 500 g/mol. The molecule has 138 valence electrons. The number of nitrogens with zero attached hydrogens (tertiary/aromatic N) is 1. The van der Waals surface area contributed by atoms with Crippen molar-refractivity contribution in [2.24, 2.45) is 0 Å². The molecule has 0 aliphatic carbocycles. The van der Waals surface area contributed by atoms with E-state index in [1.54, 1.807) is 23.1 Å². The number of halogens is 2. The second-order valence-electron chi connectivity index (χ2n) is 6.44. The van der Waals surface area contributed by atoms with E-state index in [9.17, 15) is 13.2 Å². The fourth-order valence-electron chi connectivity index (χ4n) is 3.21. The van der Waals surface area contributed by atoms with E-state index in [4.69, 9.17) is 0 Å². The number of aryl methyl sites for hydroxylation is 1. The highest BCUT2D eigenvalue weighted by molar-refractivity contribution is 9.11. The fourth-order valence-corrected chi connectivity index (χ4v) is 6.12. The van der Waals surface area contributed by atoms with Crippen molar-refractivity contribution in [3.05, 3.63) is 50.4 Å². The van der Waals surface area contributed by atoms with Crippen LogP contribution in [0, 0.1) is 6.92 Å². The summed E-state index contributed by atoms with van der Waals surface area (Å²) in [5.74, 6) is -0.101. The number of carbonyl (C=O) groups excluding carboxylic acids is 1. The van der Waals surface area contributed by atoms with Crippen LogP contribution in [0.1, 0.15) is 25.0 Å². The van der Waals surface area contributed by atoms with Gasteiger partial charge >= 0.3 is 0 Å². The molecule has 1 N–H and O–H groups in total. The molecule has 1 atom stereocenters. The molecule has 1 aliphatic rings. The van der Waals surface area contributed by atoms with Crippen LogP contribution in [-0.2, 0) is 21.2 Å². The first-order valence-corrected chi connectivity index (χ1v) is 11.1. The Morgan fingerprint density at radius 2 is 1.88 bits per heavy atom. The summed E-state index contributed by atoms with van der Waals surface area (Å²) in [4.78, 5) is 13.7. The van der Waals surface area contributed by atoms with E-state index in [0.29, 0.717) is 26.7 Å². The zero-order chi connectivity index (χ0) is 19.2. The summed E-state index contributed by atoms with van der Waals surface area (Å²) in [6, 6.07) is 8.74. The fraction of sp³-hybridized carbons (Fsp3) is 0.278. The lowest BCUT2D eigenvalue weighted by atomic mass is 10.1. The van der Waals surface area contributed by atoms with E-state index in [1.807, 2.05) is 26.0 Å². The minimum absolute atomic E-state index is 0.00607. The molecule has 0 fully saturated rings. The van der Waals surface area contributed by atoms with Crippen LogP contribution in [0.15, 0.2) is 44.2 Å². The van der Waals surface area contributed by atoms with E-state index in [-0.39, 0.29) is 16.8 Å². The Hall–Kier alpha value is -1.38. The van der Waals surface area contributed by atoms with E-state index in [2.05, 4.69) is 36.6 Å². The zero-order valence-electron chi connectivity index (χ0n) is 14.5. The Labute approximate surface area is 170 Å². The average molecular weight is 502 g/mol. The Bertz CT molecular complexity index is 1010. The summed E-state index contributed by atoms with van der Waals surface area (Å²) in [5.41, 5.74) is 3.08. The Morgan fingerprint density at radius 1 is 1.19 bits per heavy atom. The van der Waals surface area contributed by atoms with Crippen molar-refractivity contribution in [1.82, 2.24) is 0 Å². The van der Waals surface area contributed by atoms with Crippen LogP contribution in [0.25, 0.3) is 0 Å². The molecule has 2 aromatic rings. The maximum Gasteiger partial charge on any atom is 0.263 e. The van der Waals surface area contributed by atoms with Crippen LogP contribution >= 0.6 is 31.9 Å². The normalized spacial score (nSPS) is 16.5. The van der Waals surface area contributed by atoms with Crippen LogP contribution in [0.2, 0.25) is 0 Å². The molecule has 0 radical (unpaired) electrons. The quantitative estimate of drug-likeness (QED) is 0.667. The number of sulfonamides is 1. The van der Waals surface area contributed by atoms with Gasteiger partial charge in [-0.15, -0.1) is 0 Å². The van der Waals surface area contributed by atoms with Gasteiger partial charge < -0.3 is 4.90 Å². The molecule has 5 nitrogen and oxygen atoms in total. The second-order valence-corrected chi connectivity index (χ2v) is 9.80. The lowest BCUT2D eigenvalue weighted by molar-refractivity contribution is -0.116. The number of hydrogen-bond donors (Lipinski definition) is 1. The number of carbonyl (C=O) groups is 1. The van der Waals surface area contributed by atoms with E-state index in [1.165, 1.54) is 6.92 Å². The van der Waals surface area contributed by atoms with Gasteiger partial charge in [-0.1, -0.05) is 6.07 Å². The van der Waals surface area contributed by atoms with Gasteiger partial charge in [0.25, 0.3) is 10.0 Å². The third-order valence-electron chi connectivity index (χ3n) is 4.35. The maximum absolute atomic E-state index is 13.0. The van der Waals surface area contributed by atoms with Gasteiger partial charge in [-0.2, -0.15) is 0 Å². The molecule has 0 saturated heterocycles. The molecular weight excluding hydrogens is 484 g/mol. The van der Waals surface area contributed by atoms with Crippen LogP contribution in [0.5, 0.6) is 0 Å².